The Labute approximate surface area is 134 Å². The van der Waals surface area contributed by atoms with Gasteiger partial charge in [0.2, 0.25) is 0 Å². The van der Waals surface area contributed by atoms with Crippen molar-refractivity contribution in [2.75, 3.05) is 19.8 Å². The van der Waals surface area contributed by atoms with Crippen LogP contribution in [0, 0.1) is 5.41 Å². The summed E-state index contributed by atoms with van der Waals surface area (Å²) in [6, 6.07) is 10.7. The Kier molecular flexibility index (Phi) is 6.47. The molecule has 2 unspecified atom stereocenters. The van der Waals surface area contributed by atoms with E-state index in [4.69, 9.17) is 9.47 Å². The first-order valence-electron chi connectivity index (χ1n) is 7.94. The first-order valence-corrected chi connectivity index (χ1v) is 7.94. The molecule has 0 saturated heterocycles. The third-order valence-electron chi connectivity index (χ3n) is 4.23. The Balaban J connectivity index is 2.24. The number of hydrogen-bond donors (Lipinski definition) is 0. The summed E-state index contributed by atoms with van der Waals surface area (Å²) in [5.41, 5.74) is 1.33. The molecule has 2 heteroatoms. The number of ether oxygens (including phenoxy) is 2. The maximum Gasteiger partial charge on any atom is 0.0960 e. The standard InChI is InChI=1S/C20H26O2/c1-3-14-21-16-20(17-22-15-4-2)13-9-8-12-19(20)18-10-6-5-7-11-18/h3-11,15,19H,1,12-14,16-17H2,2H3. The smallest absolute Gasteiger partial charge is 0.0960 e. The maximum atomic E-state index is 5.85. The summed E-state index contributed by atoms with van der Waals surface area (Å²) >= 11 is 0. The summed E-state index contributed by atoms with van der Waals surface area (Å²) in [5, 5.41) is 0. The SMILES string of the molecule is C=CCOCC1(COC=CC)CC=CCC1c1ccccc1. The van der Waals surface area contributed by atoms with Gasteiger partial charge >= 0.3 is 0 Å². The second-order valence-electron chi connectivity index (χ2n) is 5.82. The Morgan fingerprint density at radius 2 is 2.05 bits per heavy atom. The summed E-state index contributed by atoms with van der Waals surface area (Å²) in [6.45, 7) is 7.63. The van der Waals surface area contributed by atoms with Crippen molar-refractivity contribution in [2.24, 2.45) is 5.41 Å². The number of rotatable bonds is 8. The van der Waals surface area contributed by atoms with E-state index in [-0.39, 0.29) is 5.41 Å². The van der Waals surface area contributed by atoms with E-state index < -0.39 is 0 Å². The topological polar surface area (TPSA) is 18.5 Å². The van der Waals surface area contributed by atoms with Crippen LogP contribution in [0.25, 0.3) is 0 Å². The molecular formula is C20H26O2. The van der Waals surface area contributed by atoms with E-state index in [1.54, 1.807) is 12.3 Å². The van der Waals surface area contributed by atoms with E-state index in [1.807, 2.05) is 13.0 Å². The maximum absolute atomic E-state index is 5.85. The molecule has 0 aliphatic heterocycles. The Morgan fingerprint density at radius 3 is 2.77 bits per heavy atom. The molecule has 0 saturated carbocycles. The molecule has 22 heavy (non-hydrogen) atoms. The average Bonchev–Trinajstić information content (AvgIpc) is 2.57. The lowest BCUT2D eigenvalue weighted by Crippen LogP contribution is -2.39. The predicted molar refractivity (Wildman–Crippen MR) is 91.8 cm³/mol. The monoisotopic (exact) mass is 298 g/mol. The largest absolute Gasteiger partial charge is 0.501 e. The highest BCUT2D eigenvalue weighted by Crippen LogP contribution is 2.45. The molecule has 118 valence electrons. The number of hydrogen-bond acceptors (Lipinski definition) is 2. The summed E-state index contributed by atoms with van der Waals surface area (Å²) in [6.07, 6.45) is 12.0. The van der Waals surface area contributed by atoms with E-state index in [0.29, 0.717) is 25.7 Å². The van der Waals surface area contributed by atoms with Gasteiger partial charge in [-0.3, -0.25) is 0 Å². The summed E-state index contributed by atoms with van der Waals surface area (Å²) in [4.78, 5) is 0. The minimum atomic E-state index is -0.0291. The lowest BCUT2D eigenvalue weighted by molar-refractivity contribution is -0.00812. The van der Waals surface area contributed by atoms with Crippen LogP contribution in [0.2, 0.25) is 0 Å². The molecule has 0 radical (unpaired) electrons. The van der Waals surface area contributed by atoms with Crippen molar-refractivity contribution in [1.29, 1.82) is 0 Å². The van der Waals surface area contributed by atoms with E-state index >= 15 is 0 Å². The van der Waals surface area contributed by atoms with Crippen LogP contribution in [0.15, 0.2) is 67.5 Å². The van der Waals surface area contributed by atoms with E-state index in [1.165, 1.54) is 5.56 Å². The molecule has 0 amide bonds. The summed E-state index contributed by atoms with van der Waals surface area (Å²) < 4.78 is 11.6. The van der Waals surface area contributed by atoms with E-state index in [9.17, 15) is 0 Å². The van der Waals surface area contributed by atoms with E-state index in [0.717, 1.165) is 12.8 Å². The van der Waals surface area contributed by atoms with Gasteiger partial charge in [0, 0.05) is 5.41 Å². The molecule has 2 nitrogen and oxygen atoms in total. The minimum absolute atomic E-state index is 0.0291. The average molecular weight is 298 g/mol. The molecular weight excluding hydrogens is 272 g/mol. The van der Waals surface area contributed by atoms with Crippen molar-refractivity contribution >= 4 is 0 Å². The molecule has 1 aromatic carbocycles. The molecule has 0 aromatic heterocycles. The third kappa shape index (κ3) is 4.11. The fraction of sp³-hybridized carbons (Fsp3) is 0.400. The van der Waals surface area contributed by atoms with Crippen molar-refractivity contribution in [1.82, 2.24) is 0 Å². The van der Waals surface area contributed by atoms with Gasteiger partial charge in [0.1, 0.15) is 0 Å². The van der Waals surface area contributed by atoms with Crippen molar-refractivity contribution in [2.45, 2.75) is 25.7 Å². The molecule has 2 atom stereocenters. The Hall–Kier alpha value is -1.80. The molecule has 0 spiro atoms. The normalized spacial score (nSPS) is 24.5. The van der Waals surface area contributed by atoms with Crippen LogP contribution >= 0.6 is 0 Å². The third-order valence-corrected chi connectivity index (χ3v) is 4.23. The van der Waals surface area contributed by atoms with Gasteiger partial charge in [-0.1, -0.05) is 54.6 Å². The molecule has 0 fully saturated rings. The lowest BCUT2D eigenvalue weighted by atomic mass is 9.67. The van der Waals surface area contributed by atoms with Gasteiger partial charge in [-0.05, 0) is 31.2 Å². The van der Waals surface area contributed by atoms with Crippen molar-refractivity contribution < 1.29 is 9.47 Å². The van der Waals surface area contributed by atoms with Crippen LogP contribution in [-0.2, 0) is 9.47 Å². The highest BCUT2D eigenvalue weighted by atomic mass is 16.5. The minimum Gasteiger partial charge on any atom is -0.501 e. The van der Waals surface area contributed by atoms with Crippen LogP contribution in [0.5, 0.6) is 0 Å². The van der Waals surface area contributed by atoms with Gasteiger partial charge in [0.25, 0.3) is 0 Å². The molecule has 0 heterocycles. The quantitative estimate of drug-likeness (QED) is 0.388. The van der Waals surface area contributed by atoms with Gasteiger partial charge in [-0.2, -0.15) is 0 Å². The van der Waals surface area contributed by atoms with Crippen molar-refractivity contribution in [3.8, 4) is 0 Å². The highest BCUT2D eigenvalue weighted by molar-refractivity contribution is 5.25. The second kappa shape index (κ2) is 8.60. The van der Waals surface area contributed by atoms with Crippen molar-refractivity contribution in [3.05, 3.63) is 73.0 Å². The molecule has 0 N–H and O–H groups in total. The van der Waals surface area contributed by atoms with Crippen LogP contribution in [0.3, 0.4) is 0 Å². The van der Waals surface area contributed by atoms with Crippen LogP contribution in [-0.4, -0.2) is 19.8 Å². The lowest BCUT2D eigenvalue weighted by Gasteiger charge is -2.41. The molecule has 2 rings (SSSR count). The van der Waals surface area contributed by atoms with Crippen LogP contribution in [0.4, 0.5) is 0 Å². The highest BCUT2D eigenvalue weighted by Gasteiger charge is 2.41. The number of benzene rings is 1. The zero-order valence-electron chi connectivity index (χ0n) is 13.4. The second-order valence-corrected chi connectivity index (χ2v) is 5.82. The first kappa shape index (κ1) is 16.6. The molecule has 1 aliphatic rings. The Morgan fingerprint density at radius 1 is 1.23 bits per heavy atom. The van der Waals surface area contributed by atoms with Gasteiger partial charge < -0.3 is 9.47 Å². The zero-order valence-corrected chi connectivity index (χ0v) is 13.4. The Bertz CT molecular complexity index is 504. The number of allylic oxidation sites excluding steroid dienone is 3. The van der Waals surface area contributed by atoms with Crippen LogP contribution < -0.4 is 0 Å². The fourth-order valence-electron chi connectivity index (χ4n) is 3.13. The summed E-state index contributed by atoms with van der Waals surface area (Å²) in [5.74, 6) is 0.411. The van der Waals surface area contributed by atoms with Gasteiger partial charge in [-0.25, -0.2) is 0 Å². The van der Waals surface area contributed by atoms with E-state index in [2.05, 4.69) is 49.1 Å². The van der Waals surface area contributed by atoms with Gasteiger partial charge in [0.05, 0.1) is 26.1 Å². The summed E-state index contributed by atoms with van der Waals surface area (Å²) in [7, 11) is 0. The van der Waals surface area contributed by atoms with Gasteiger partial charge in [-0.15, -0.1) is 6.58 Å². The molecule has 1 aliphatic carbocycles. The zero-order chi connectivity index (χ0) is 15.7. The van der Waals surface area contributed by atoms with Crippen LogP contribution in [0.1, 0.15) is 31.2 Å². The van der Waals surface area contributed by atoms with Gasteiger partial charge in [0.15, 0.2) is 0 Å². The van der Waals surface area contributed by atoms with Crippen molar-refractivity contribution in [3.63, 3.8) is 0 Å². The fourth-order valence-corrected chi connectivity index (χ4v) is 3.13. The first-order chi connectivity index (χ1) is 10.8. The predicted octanol–water partition coefficient (Wildman–Crippen LogP) is 4.86. The molecule has 1 aromatic rings. The molecule has 0 bridgehead atoms.